The number of aromatic nitrogens is 1. The molecule has 0 saturated carbocycles. The molecular weight excluding hydrogens is 216 g/mol. The van der Waals surface area contributed by atoms with Crippen molar-refractivity contribution in [2.45, 2.75) is 0 Å². The standard InChI is InChI=1S/C13H14N2O2/c1-16-12-4-3-11(9-13(12)17-2)15-10-5-7-14-8-6-10/h3-9H,1-2H3,(H,14,15). The van der Waals surface area contributed by atoms with Crippen LogP contribution in [0.4, 0.5) is 11.4 Å². The van der Waals surface area contributed by atoms with E-state index in [0.29, 0.717) is 11.5 Å². The predicted molar refractivity (Wildman–Crippen MR) is 67.1 cm³/mol. The molecule has 2 rings (SSSR count). The maximum atomic E-state index is 5.24. The molecule has 0 atom stereocenters. The third-order valence-electron chi connectivity index (χ3n) is 2.35. The van der Waals surface area contributed by atoms with Crippen LogP contribution in [0.2, 0.25) is 0 Å². The first kappa shape index (κ1) is 11.3. The van der Waals surface area contributed by atoms with Crippen LogP contribution in [0, 0.1) is 0 Å². The third-order valence-corrected chi connectivity index (χ3v) is 2.35. The Kier molecular flexibility index (Phi) is 3.45. The Morgan fingerprint density at radius 3 is 2.24 bits per heavy atom. The predicted octanol–water partition coefficient (Wildman–Crippen LogP) is 2.84. The van der Waals surface area contributed by atoms with E-state index in [0.717, 1.165) is 11.4 Å². The zero-order chi connectivity index (χ0) is 12.1. The minimum atomic E-state index is 0.701. The number of anilines is 2. The van der Waals surface area contributed by atoms with E-state index in [-0.39, 0.29) is 0 Å². The first-order valence-corrected chi connectivity index (χ1v) is 5.22. The van der Waals surface area contributed by atoms with E-state index in [9.17, 15) is 0 Å². The zero-order valence-corrected chi connectivity index (χ0v) is 9.81. The second kappa shape index (κ2) is 5.21. The van der Waals surface area contributed by atoms with Crippen molar-refractivity contribution in [3.05, 3.63) is 42.7 Å². The number of ether oxygens (including phenoxy) is 2. The van der Waals surface area contributed by atoms with Crippen LogP contribution in [0.25, 0.3) is 0 Å². The van der Waals surface area contributed by atoms with Crippen molar-refractivity contribution in [3.8, 4) is 11.5 Å². The molecule has 0 unspecified atom stereocenters. The van der Waals surface area contributed by atoms with Gasteiger partial charge in [-0.2, -0.15) is 0 Å². The van der Waals surface area contributed by atoms with Gasteiger partial charge in [-0.05, 0) is 24.3 Å². The SMILES string of the molecule is COc1ccc(Nc2ccncc2)cc1OC. The number of nitrogens with zero attached hydrogens (tertiary/aromatic N) is 1. The van der Waals surface area contributed by atoms with Crippen LogP contribution in [0.1, 0.15) is 0 Å². The van der Waals surface area contributed by atoms with Crippen molar-refractivity contribution < 1.29 is 9.47 Å². The number of rotatable bonds is 4. The zero-order valence-electron chi connectivity index (χ0n) is 9.81. The lowest BCUT2D eigenvalue weighted by molar-refractivity contribution is 0.355. The minimum Gasteiger partial charge on any atom is -0.493 e. The largest absolute Gasteiger partial charge is 0.493 e. The molecule has 88 valence electrons. The van der Waals surface area contributed by atoms with Gasteiger partial charge in [0.1, 0.15) is 0 Å². The van der Waals surface area contributed by atoms with E-state index in [1.807, 2.05) is 30.3 Å². The molecule has 2 aromatic rings. The monoisotopic (exact) mass is 230 g/mol. The van der Waals surface area contributed by atoms with Crippen LogP contribution in [0.15, 0.2) is 42.7 Å². The van der Waals surface area contributed by atoms with Crippen LogP contribution in [-0.4, -0.2) is 19.2 Å². The molecule has 0 aliphatic heterocycles. The lowest BCUT2D eigenvalue weighted by atomic mass is 10.2. The van der Waals surface area contributed by atoms with Gasteiger partial charge in [-0.15, -0.1) is 0 Å². The highest BCUT2D eigenvalue weighted by atomic mass is 16.5. The molecule has 17 heavy (non-hydrogen) atoms. The lowest BCUT2D eigenvalue weighted by Gasteiger charge is -2.11. The van der Waals surface area contributed by atoms with E-state index in [1.54, 1.807) is 26.6 Å². The number of pyridine rings is 1. The number of methoxy groups -OCH3 is 2. The first-order valence-electron chi connectivity index (χ1n) is 5.22. The van der Waals surface area contributed by atoms with Crippen molar-refractivity contribution in [1.29, 1.82) is 0 Å². The van der Waals surface area contributed by atoms with E-state index < -0.39 is 0 Å². The van der Waals surface area contributed by atoms with Gasteiger partial charge in [0, 0.05) is 29.8 Å². The Morgan fingerprint density at radius 2 is 1.59 bits per heavy atom. The molecule has 1 N–H and O–H groups in total. The van der Waals surface area contributed by atoms with Crippen LogP contribution in [0.5, 0.6) is 11.5 Å². The number of hydrogen-bond acceptors (Lipinski definition) is 4. The summed E-state index contributed by atoms with van der Waals surface area (Å²) in [5.74, 6) is 1.42. The smallest absolute Gasteiger partial charge is 0.162 e. The average Bonchev–Trinajstić information content (AvgIpc) is 2.40. The Balaban J connectivity index is 2.22. The van der Waals surface area contributed by atoms with Crippen molar-refractivity contribution in [3.63, 3.8) is 0 Å². The Hall–Kier alpha value is -2.23. The van der Waals surface area contributed by atoms with Crippen LogP contribution >= 0.6 is 0 Å². The quantitative estimate of drug-likeness (QED) is 0.877. The summed E-state index contributed by atoms with van der Waals surface area (Å²) in [6, 6.07) is 9.48. The molecule has 1 aromatic heterocycles. The van der Waals surface area contributed by atoms with E-state index >= 15 is 0 Å². The molecule has 0 aliphatic carbocycles. The summed E-state index contributed by atoms with van der Waals surface area (Å²) < 4.78 is 10.4. The lowest BCUT2D eigenvalue weighted by Crippen LogP contribution is -1.94. The molecule has 1 aromatic carbocycles. The fourth-order valence-corrected chi connectivity index (χ4v) is 1.52. The van der Waals surface area contributed by atoms with Gasteiger partial charge >= 0.3 is 0 Å². The van der Waals surface area contributed by atoms with Crippen molar-refractivity contribution in [2.24, 2.45) is 0 Å². The van der Waals surface area contributed by atoms with E-state index in [1.165, 1.54) is 0 Å². The van der Waals surface area contributed by atoms with Gasteiger partial charge in [0.15, 0.2) is 11.5 Å². The Bertz CT molecular complexity index is 486. The molecule has 0 bridgehead atoms. The number of hydrogen-bond donors (Lipinski definition) is 1. The summed E-state index contributed by atoms with van der Waals surface area (Å²) in [6.07, 6.45) is 3.48. The molecule has 0 fully saturated rings. The molecular formula is C13H14N2O2. The molecule has 4 heteroatoms. The second-order valence-electron chi connectivity index (χ2n) is 3.43. The number of nitrogens with one attached hydrogen (secondary N) is 1. The van der Waals surface area contributed by atoms with Crippen molar-refractivity contribution in [1.82, 2.24) is 4.98 Å². The summed E-state index contributed by atoms with van der Waals surface area (Å²) in [6.45, 7) is 0. The fourth-order valence-electron chi connectivity index (χ4n) is 1.52. The van der Waals surface area contributed by atoms with Gasteiger partial charge in [-0.25, -0.2) is 0 Å². The second-order valence-corrected chi connectivity index (χ2v) is 3.43. The highest BCUT2D eigenvalue weighted by molar-refractivity contribution is 5.63. The van der Waals surface area contributed by atoms with Gasteiger partial charge < -0.3 is 14.8 Å². The summed E-state index contributed by atoms with van der Waals surface area (Å²) in [5.41, 5.74) is 1.92. The van der Waals surface area contributed by atoms with Gasteiger partial charge in [0.2, 0.25) is 0 Å². The molecule has 1 heterocycles. The van der Waals surface area contributed by atoms with Gasteiger partial charge in [-0.1, -0.05) is 0 Å². The Labute approximate surface area is 100 Å². The topological polar surface area (TPSA) is 43.4 Å². The van der Waals surface area contributed by atoms with Crippen LogP contribution in [0.3, 0.4) is 0 Å². The molecule has 0 amide bonds. The normalized spacial score (nSPS) is 9.76. The minimum absolute atomic E-state index is 0.701. The molecule has 0 saturated heterocycles. The molecule has 0 aliphatic rings. The van der Waals surface area contributed by atoms with Crippen molar-refractivity contribution in [2.75, 3.05) is 19.5 Å². The van der Waals surface area contributed by atoms with Gasteiger partial charge in [-0.3, -0.25) is 4.98 Å². The summed E-state index contributed by atoms with van der Waals surface area (Å²) in [7, 11) is 3.24. The van der Waals surface area contributed by atoms with Gasteiger partial charge in [0.25, 0.3) is 0 Å². The van der Waals surface area contributed by atoms with Gasteiger partial charge in [0.05, 0.1) is 14.2 Å². The maximum Gasteiger partial charge on any atom is 0.162 e. The van der Waals surface area contributed by atoms with E-state index in [4.69, 9.17) is 9.47 Å². The summed E-state index contributed by atoms with van der Waals surface area (Å²) in [5, 5.41) is 3.25. The first-order chi connectivity index (χ1) is 8.33. The van der Waals surface area contributed by atoms with E-state index in [2.05, 4.69) is 10.3 Å². The molecule has 4 nitrogen and oxygen atoms in total. The Morgan fingerprint density at radius 1 is 0.882 bits per heavy atom. The van der Waals surface area contributed by atoms with Crippen molar-refractivity contribution >= 4 is 11.4 Å². The highest BCUT2D eigenvalue weighted by Gasteiger charge is 2.04. The third kappa shape index (κ3) is 2.66. The van der Waals surface area contributed by atoms with Crippen LogP contribution < -0.4 is 14.8 Å². The summed E-state index contributed by atoms with van der Waals surface area (Å²) >= 11 is 0. The summed E-state index contributed by atoms with van der Waals surface area (Å²) in [4.78, 5) is 3.96. The van der Waals surface area contributed by atoms with Crippen LogP contribution in [-0.2, 0) is 0 Å². The fraction of sp³-hybridized carbons (Fsp3) is 0.154. The molecule has 0 spiro atoms. The average molecular weight is 230 g/mol. The highest BCUT2D eigenvalue weighted by Crippen LogP contribution is 2.30. The maximum absolute atomic E-state index is 5.24. The molecule has 0 radical (unpaired) electrons. The number of benzene rings is 1.